The number of allylic oxidation sites excluding steroid dienone is 1. The van der Waals surface area contributed by atoms with Gasteiger partial charge in [-0.15, -0.1) is 6.58 Å². The van der Waals surface area contributed by atoms with Crippen molar-refractivity contribution in [3.63, 3.8) is 0 Å². The molecule has 2 aliphatic carbocycles. The highest BCUT2D eigenvalue weighted by atomic mass is 14.7. The van der Waals surface area contributed by atoms with E-state index in [4.69, 9.17) is 5.73 Å². The van der Waals surface area contributed by atoms with Gasteiger partial charge in [0.25, 0.3) is 0 Å². The Hall–Kier alpha value is -0.300. The molecule has 0 saturated heterocycles. The normalized spacial score (nSPS) is 36.4. The van der Waals surface area contributed by atoms with E-state index < -0.39 is 0 Å². The van der Waals surface area contributed by atoms with Crippen LogP contribution in [0.5, 0.6) is 0 Å². The summed E-state index contributed by atoms with van der Waals surface area (Å²) >= 11 is 0. The lowest BCUT2D eigenvalue weighted by Crippen LogP contribution is -2.37. The summed E-state index contributed by atoms with van der Waals surface area (Å²) in [5.41, 5.74) is 6.31. The Bertz CT molecular complexity index is 223. The summed E-state index contributed by atoms with van der Waals surface area (Å²) in [5, 5.41) is 0. The van der Waals surface area contributed by atoms with E-state index in [0.717, 1.165) is 30.6 Å². The maximum atomic E-state index is 6.31. The van der Waals surface area contributed by atoms with Crippen LogP contribution in [-0.2, 0) is 0 Å². The number of nitrogens with two attached hydrogens (primary N) is 1. The fourth-order valence-corrected chi connectivity index (χ4v) is 3.84. The molecule has 0 spiro atoms. The standard InChI is InChI=1S/C15H27N/c1-2-3-8-15(16)14-10-9-12-6-4-5-7-13(12)11-14/h2,12-15H,1,3-11,16H2. The highest BCUT2D eigenvalue weighted by Crippen LogP contribution is 2.43. The van der Waals surface area contributed by atoms with Gasteiger partial charge in [-0.05, 0) is 49.9 Å². The van der Waals surface area contributed by atoms with E-state index in [1.54, 1.807) is 0 Å². The molecule has 0 radical (unpaired) electrons. The summed E-state index contributed by atoms with van der Waals surface area (Å²) in [4.78, 5) is 0. The average Bonchev–Trinajstić information content (AvgIpc) is 2.35. The molecule has 4 unspecified atom stereocenters. The van der Waals surface area contributed by atoms with E-state index >= 15 is 0 Å². The molecule has 0 bridgehead atoms. The van der Waals surface area contributed by atoms with E-state index in [-0.39, 0.29) is 0 Å². The van der Waals surface area contributed by atoms with Gasteiger partial charge in [0.15, 0.2) is 0 Å². The van der Waals surface area contributed by atoms with Crippen molar-refractivity contribution in [1.29, 1.82) is 0 Å². The highest BCUT2D eigenvalue weighted by molar-refractivity contribution is 4.87. The molecule has 0 amide bonds. The molecule has 4 atom stereocenters. The summed E-state index contributed by atoms with van der Waals surface area (Å²) < 4.78 is 0. The molecule has 1 nitrogen and oxygen atoms in total. The van der Waals surface area contributed by atoms with Crippen molar-refractivity contribution in [3.05, 3.63) is 12.7 Å². The first-order valence-corrected chi connectivity index (χ1v) is 7.17. The molecule has 0 aromatic carbocycles. The molecule has 0 aliphatic heterocycles. The third kappa shape index (κ3) is 2.88. The fourth-order valence-electron chi connectivity index (χ4n) is 3.84. The van der Waals surface area contributed by atoms with Gasteiger partial charge in [0.05, 0.1) is 0 Å². The molecule has 2 N–H and O–H groups in total. The van der Waals surface area contributed by atoms with E-state index in [2.05, 4.69) is 6.58 Å². The van der Waals surface area contributed by atoms with Crippen LogP contribution in [0.2, 0.25) is 0 Å². The van der Waals surface area contributed by atoms with Crippen LogP contribution in [0, 0.1) is 17.8 Å². The van der Waals surface area contributed by atoms with Crippen LogP contribution in [0.25, 0.3) is 0 Å². The average molecular weight is 221 g/mol. The van der Waals surface area contributed by atoms with Crippen molar-refractivity contribution < 1.29 is 0 Å². The van der Waals surface area contributed by atoms with Crippen molar-refractivity contribution in [1.82, 2.24) is 0 Å². The zero-order valence-corrected chi connectivity index (χ0v) is 10.5. The zero-order chi connectivity index (χ0) is 11.4. The van der Waals surface area contributed by atoms with Crippen LogP contribution < -0.4 is 5.73 Å². The molecule has 2 fully saturated rings. The third-order valence-electron chi connectivity index (χ3n) is 4.89. The number of rotatable bonds is 4. The minimum atomic E-state index is 0.431. The van der Waals surface area contributed by atoms with Crippen molar-refractivity contribution in [2.45, 2.75) is 63.8 Å². The molecular formula is C15H27N. The minimum absolute atomic E-state index is 0.431. The molecule has 1 heteroatoms. The predicted octanol–water partition coefficient (Wildman–Crippen LogP) is 3.89. The second kappa shape index (κ2) is 5.86. The number of hydrogen-bond donors (Lipinski definition) is 1. The molecule has 2 saturated carbocycles. The summed E-state index contributed by atoms with van der Waals surface area (Å²) in [6, 6.07) is 0.431. The summed E-state index contributed by atoms with van der Waals surface area (Å²) in [6.45, 7) is 3.79. The summed E-state index contributed by atoms with van der Waals surface area (Å²) in [5.74, 6) is 2.87. The molecule has 16 heavy (non-hydrogen) atoms. The lowest BCUT2D eigenvalue weighted by Gasteiger charge is -2.41. The van der Waals surface area contributed by atoms with E-state index in [1.165, 1.54) is 44.9 Å². The lowest BCUT2D eigenvalue weighted by molar-refractivity contribution is 0.116. The van der Waals surface area contributed by atoms with Gasteiger partial charge in [-0.2, -0.15) is 0 Å². The highest BCUT2D eigenvalue weighted by Gasteiger charge is 2.33. The molecule has 92 valence electrons. The Morgan fingerprint density at radius 3 is 2.62 bits per heavy atom. The molecule has 2 rings (SSSR count). The zero-order valence-electron chi connectivity index (χ0n) is 10.5. The van der Waals surface area contributed by atoms with E-state index in [1.807, 2.05) is 6.08 Å². The van der Waals surface area contributed by atoms with Crippen LogP contribution >= 0.6 is 0 Å². The van der Waals surface area contributed by atoms with Crippen LogP contribution in [0.15, 0.2) is 12.7 Å². The molecule has 2 aliphatic rings. The Morgan fingerprint density at radius 2 is 1.88 bits per heavy atom. The fraction of sp³-hybridized carbons (Fsp3) is 0.867. The Kier molecular flexibility index (Phi) is 4.45. The van der Waals surface area contributed by atoms with Gasteiger partial charge in [-0.1, -0.05) is 31.8 Å². The van der Waals surface area contributed by atoms with E-state index in [9.17, 15) is 0 Å². The predicted molar refractivity (Wildman–Crippen MR) is 70.2 cm³/mol. The maximum Gasteiger partial charge on any atom is 0.00702 e. The Morgan fingerprint density at radius 1 is 1.12 bits per heavy atom. The van der Waals surface area contributed by atoms with Crippen molar-refractivity contribution in [2.75, 3.05) is 0 Å². The first-order chi connectivity index (χ1) is 7.81. The van der Waals surface area contributed by atoms with Gasteiger partial charge in [-0.25, -0.2) is 0 Å². The molecule has 0 aromatic heterocycles. The Balaban J connectivity index is 1.82. The van der Waals surface area contributed by atoms with Gasteiger partial charge in [-0.3, -0.25) is 0 Å². The topological polar surface area (TPSA) is 26.0 Å². The smallest absolute Gasteiger partial charge is 0.00702 e. The van der Waals surface area contributed by atoms with E-state index in [0.29, 0.717) is 6.04 Å². The van der Waals surface area contributed by atoms with Crippen LogP contribution in [0.4, 0.5) is 0 Å². The van der Waals surface area contributed by atoms with Crippen molar-refractivity contribution in [2.24, 2.45) is 23.5 Å². The largest absolute Gasteiger partial charge is 0.327 e. The second-order valence-corrected chi connectivity index (χ2v) is 5.91. The molecule has 0 aromatic rings. The van der Waals surface area contributed by atoms with Gasteiger partial charge in [0, 0.05) is 6.04 Å². The quantitative estimate of drug-likeness (QED) is 0.716. The summed E-state index contributed by atoms with van der Waals surface area (Å²) in [7, 11) is 0. The van der Waals surface area contributed by atoms with Crippen molar-refractivity contribution in [3.8, 4) is 0 Å². The van der Waals surface area contributed by atoms with Crippen LogP contribution in [0.3, 0.4) is 0 Å². The van der Waals surface area contributed by atoms with Gasteiger partial charge >= 0.3 is 0 Å². The third-order valence-corrected chi connectivity index (χ3v) is 4.89. The van der Waals surface area contributed by atoms with Gasteiger partial charge in [0.1, 0.15) is 0 Å². The molecule has 0 heterocycles. The van der Waals surface area contributed by atoms with Gasteiger partial charge < -0.3 is 5.73 Å². The van der Waals surface area contributed by atoms with Crippen molar-refractivity contribution >= 4 is 0 Å². The van der Waals surface area contributed by atoms with Gasteiger partial charge in [0.2, 0.25) is 0 Å². The van der Waals surface area contributed by atoms with Crippen LogP contribution in [-0.4, -0.2) is 6.04 Å². The lowest BCUT2D eigenvalue weighted by atomic mass is 9.66. The number of fused-ring (bicyclic) bond motifs is 1. The SMILES string of the molecule is C=CCCC(N)C1CCC2CCCCC2C1. The Labute approximate surface area is 100 Å². The minimum Gasteiger partial charge on any atom is -0.327 e. The number of hydrogen-bond acceptors (Lipinski definition) is 1. The van der Waals surface area contributed by atoms with Crippen LogP contribution in [0.1, 0.15) is 57.8 Å². The first-order valence-electron chi connectivity index (χ1n) is 7.17. The monoisotopic (exact) mass is 221 g/mol. The maximum absolute atomic E-state index is 6.31. The second-order valence-electron chi connectivity index (χ2n) is 5.91. The molecular weight excluding hydrogens is 194 g/mol. The summed E-state index contributed by atoms with van der Waals surface area (Å²) in [6.07, 6.45) is 14.4. The first kappa shape index (κ1) is 12.2.